The number of rotatable bonds is 12. The monoisotopic (exact) mass is 1370 g/mol. The van der Waals surface area contributed by atoms with E-state index in [1.54, 1.807) is 62.6 Å². The lowest BCUT2D eigenvalue weighted by atomic mass is 9.48. The average Bonchev–Trinajstić information content (AvgIpc) is 1.52. The average molecular weight is 1370 g/mol. The molecule has 2 spiro atoms. The van der Waals surface area contributed by atoms with Gasteiger partial charge in [-0.15, -0.1) is 12.8 Å². The highest BCUT2D eigenvalue weighted by molar-refractivity contribution is 8.23. The van der Waals surface area contributed by atoms with Crippen LogP contribution in [0.4, 0.5) is 11.4 Å². The van der Waals surface area contributed by atoms with Gasteiger partial charge in [-0.1, -0.05) is 98.5 Å². The van der Waals surface area contributed by atoms with E-state index in [0.717, 1.165) is 67.5 Å². The number of fused-ring (bicyclic) bond motifs is 2. The molecule has 7 heterocycles. The summed E-state index contributed by atoms with van der Waals surface area (Å²) in [4.78, 5) is 49.0. The molecule has 4 aromatic carbocycles. The molecule has 5 fully saturated rings. The molecule has 0 unspecified atom stereocenters. The first-order chi connectivity index (χ1) is 47.7. The standard InChI is InChI=1S/C32H38N2O7.C22H30N2O4.C14H2.C11H11NO2S2/c1-6-30-14-9-16-34-17-15-31(27(30)34)23-13-12-21(38-4)18-24(23)33(3)28(31)32(37,29(30)41-20(2)35)19-40-26(36)22-10-7-8-11-25(22)39-5;1-4-20-8-5-10-24-11-9-21(17(20)24)15-7-6-14(28-3)12-16(15)23(2)18(21)22(27,13-25)19(20)26;1-3-5-7-9-11-13-14-12-10-8-6-4-2;1-14-9-5-3-2-4-8(9)10(13)12-6-7-16-11(12)15/h7-14,18,27-29,37H,6,15-17,19H2,1-5H3;5-8,12,17-19,25-27H,4,9-11,13H2,1-3H3;1-2H;2-5H,6-7H2,1H3/t27-,28+,29+,30+,31+,32-;17-,18+,19+,20+,21+,22-;;/m00../s1. The van der Waals surface area contributed by atoms with E-state index >= 15 is 0 Å². The summed E-state index contributed by atoms with van der Waals surface area (Å²) in [7, 11) is 10.3. The lowest BCUT2D eigenvalue weighted by molar-refractivity contribution is -0.228. The van der Waals surface area contributed by atoms with E-state index in [2.05, 4.69) is 141 Å². The number of aliphatic hydroxyl groups is 4. The first-order valence-corrected chi connectivity index (χ1v) is 34.0. The maximum Gasteiger partial charge on any atom is 0.342 e. The van der Waals surface area contributed by atoms with E-state index in [1.807, 2.05) is 50.5 Å². The van der Waals surface area contributed by atoms with Crippen LogP contribution in [0.2, 0.25) is 0 Å². The van der Waals surface area contributed by atoms with Crippen LogP contribution in [-0.2, 0) is 25.1 Å². The molecule has 0 bridgehead atoms. The third-order valence-corrected chi connectivity index (χ3v) is 22.7. The predicted molar refractivity (Wildman–Crippen MR) is 385 cm³/mol. The lowest BCUT2D eigenvalue weighted by Crippen LogP contribution is -2.80. The number of thiocarbonyl (C=S) groups is 1. The number of carbonyl (C=O) groups is 3. The molecule has 18 nitrogen and oxygen atoms in total. The Morgan fingerprint density at radius 1 is 0.626 bits per heavy atom. The zero-order chi connectivity index (χ0) is 71.1. The maximum absolute atomic E-state index is 13.4. The first-order valence-electron chi connectivity index (χ1n) is 32.6. The summed E-state index contributed by atoms with van der Waals surface area (Å²) >= 11 is 6.66. The molecule has 4 N–H and O–H groups in total. The van der Waals surface area contributed by atoms with Gasteiger partial charge in [0.1, 0.15) is 51.2 Å². The van der Waals surface area contributed by atoms with Crippen molar-refractivity contribution in [3.05, 3.63) is 131 Å². The van der Waals surface area contributed by atoms with Crippen molar-refractivity contribution in [1.29, 1.82) is 0 Å². The smallest absolute Gasteiger partial charge is 0.342 e. The summed E-state index contributed by atoms with van der Waals surface area (Å²) in [5, 5.41) is 46.8. The number of likely N-dealkylation sites (N-methyl/N-ethyl adjacent to an activating group) is 2. The van der Waals surface area contributed by atoms with E-state index in [1.165, 1.54) is 31.4 Å². The van der Waals surface area contributed by atoms with E-state index in [-0.39, 0.29) is 35.6 Å². The van der Waals surface area contributed by atoms with Gasteiger partial charge in [-0.2, -0.15) is 0 Å². The Kier molecular flexibility index (Phi) is 22.0. The van der Waals surface area contributed by atoms with Crippen LogP contribution in [0.15, 0.2) is 109 Å². The number of carbonyl (C=O) groups excluding carboxylic acids is 3. The second-order valence-electron chi connectivity index (χ2n) is 25.5. The fourth-order valence-electron chi connectivity index (χ4n) is 17.8. The third-order valence-electron chi connectivity index (χ3n) is 21.3. The molecule has 12 atom stereocenters. The molecule has 7 aliphatic heterocycles. The molecule has 99 heavy (non-hydrogen) atoms. The fraction of sp³-hybridized carbons (Fsp3) is 0.418. The van der Waals surface area contributed by atoms with Crippen molar-refractivity contribution in [3.8, 4) is 107 Å². The van der Waals surface area contributed by atoms with Crippen molar-refractivity contribution in [1.82, 2.24) is 14.7 Å². The van der Waals surface area contributed by atoms with Crippen LogP contribution in [0.5, 0.6) is 23.0 Å². The van der Waals surface area contributed by atoms with Crippen LogP contribution in [0.1, 0.15) is 78.3 Å². The Balaban J connectivity index is 0.000000157. The molecule has 2 aliphatic carbocycles. The van der Waals surface area contributed by atoms with Crippen molar-refractivity contribution in [2.24, 2.45) is 10.8 Å². The minimum absolute atomic E-state index is 0.0401. The molecule has 13 rings (SSSR count). The largest absolute Gasteiger partial charge is 0.497 e. The summed E-state index contributed by atoms with van der Waals surface area (Å²) in [6.07, 6.45) is 19.2. The number of ether oxygens (including phenoxy) is 6. The molecule has 512 valence electrons. The topological polar surface area (TPSA) is 204 Å². The number of nitrogens with zero attached hydrogens (tertiary/aromatic N) is 5. The molecule has 9 aliphatic rings. The summed E-state index contributed by atoms with van der Waals surface area (Å²) in [5.74, 6) is 30.4. The highest BCUT2D eigenvalue weighted by atomic mass is 32.2. The Hall–Kier alpha value is -9.31. The van der Waals surface area contributed by atoms with E-state index in [0.29, 0.717) is 46.5 Å². The maximum atomic E-state index is 13.4. The van der Waals surface area contributed by atoms with Gasteiger partial charge in [0.25, 0.3) is 5.91 Å². The summed E-state index contributed by atoms with van der Waals surface area (Å²) in [6, 6.07) is 25.3. The fourth-order valence-corrected chi connectivity index (χ4v) is 19.0. The quantitative estimate of drug-likeness (QED) is 0.0507. The molecule has 1 amide bonds. The Bertz CT molecular complexity index is 4260. The predicted octanol–water partition coefficient (Wildman–Crippen LogP) is 6.66. The number of anilines is 2. The van der Waals surface area contributed by atoms with Crippen LogP contribution >= 0.6 is 24.0 Å². The van der Waals surface area contributed by atoms with Gasteiger partial charge in [0.05, 0.1) is 58.8 Å². The van der Waals surface area contributed by atoms with E-state index < -0.39 is 70.3 Å². The lowest BCUT2D eigenvalue weighted by Gasteiger charge is -2.64. The number of para-hydroxylation sites is 2. The van der Waals surface area contributed by atoms with Gasteiger partial charge in [-0.25, -0.2) is 4.79 Å². The molecule has 2 saturated carbocycles. The number of hydrogen-bond donors (Lipinski definition) is 4. The highest BCUT2D eigenvalue weighted by Gasteiger charge is 2.79. The number of methoxy groups -OCH3 is 4. The number of benzene rings is 4. The van der Waals surface area contributed by atoms with Crippen LogP contribution in [0, 0.1) is 94.7 Å². The second kappa shape index (κ2) is 30.0. The molecule has 0 radical (unpaired) electrons. The van der Waals surface area contributed by atoms with Gasteiger partial charge in [0.15, 0.2) is 5.60 Å². The van der Waals surface area contributed by atoms with Crippen molar-refractivity contribution >= 4 is 57.5 Å². The zero-order valence-electron chi connectivity index (χ0n) is 57.0. The van der Waals surface area contributed by atoms with Gasteiger partial charge in [-0.3, -0.25) is 24.3 Å². The van der Waals surface area contributed by atoms with Crippen LogP contribution in [0.3, 0.4) is 0 Å². The van der Waals surface area contributed by atoms with Gasteiger partial charge in [-0.05, 0) is 157 Å². The van der Waals surface area contributed by atoms with E-state index in [4.69, 9.17) is 53.5 Å². The van der Waals surface area contributed by atoms with E-state index in [9.17, 15) is 34.8 Å². The third kappa shape index (κ3) is 12.3. The second-order valence-corrected chi connectivity index (χ2v) is 27.3. The first kappa shape index (κ1) is 72.4. The molecule has 20 heteroatoms. The highest BCUT2D eigenvalue weighted by Crippen LogP contribution is 2.69. The van der Waals surface area contributed by atoms with Crippen molar-refractivity contribution in [2.75, 3.05) is 104 Å². The Morgan fingerprint density at radius 3 is 1.55 bits per heavy atom. The minimum atomic E-state index is -1.76. The summed E-state index contributed by atoms with van der Waals surface area (Å²) < 4.78 is 34.3. The number of aliphatic hydroxyl groups excluding tert-OH is 2. The Morgan fingerprint density at radius 2 is 1.09 bits per heavy atom. The van der Waals surface area contributed by atoms with Crippen LogP contribution < -0.4 is 28.7 Å². The number of hydrogen-bond acceptors (Lipinski definition) is 19. The minimum Gasteiger partial charge on any atom is -0.497 e. The van der Waals surface area contributed by atoms with Gasteiger partial charge in [0, 0.05) is 104 Å². The molecule has 0 aromatic heterocycles. The van der Waals surface area contributed by atoms with Gasteiger partial charge < -0.3 is 58.6 Å². The van der Waals surface area contributed by atoms with Crippen LogP contribution in [-0.4, -0.2) is 199 Å². The molecule has 3 saturated heterocycles. The SMILES string of the molecule is C#CC#CC#CC#CC#CC#CC#C.CC[C@]12C=CCN3CC[C@@]4(c5ccc(OC)cc5N(C)[C@H]4[C@@](O)(CO)[C@@H]1O)[C@@H]32.CC[C@]12C=CCN3CC[C@@]4(c5ccc(OC)cc5N(C)[C@H]4[C@@](O)(COC(=O)c4ccccc4OC)[C@@H]1OC(C)=O)[C@@H]32.COc1ccccc1C(=O)N1CCSC1=S. The van der Waals surface area contributed by atoms with Crippen molar-refractivity contribution < 1.29 is 63.2 Å². The van der Waals surface area contributed by atoms with Gasteiger partial charge in [0.2, 0.25) is 0 Å². The molecule has 4 aromatic rings. The summed E-state index contributed by atoms with van der Waals surface area (Å²) in [6.45, 7) is 8.75. The number of esters is 2. The number of thioether (sulfide) groups is 1. The summed E-state index contributed by atoms with van der Waals surface area (Å²) in [5.41, 5.74) is -0.436. The Labute approximate surface area is 590 Å². The molecular weight excluding hydrogens is 1290 g/mol. The molecular formula is C79H81N5O13S2. The normalized spacial score (nSPS) is 29.0. The zero-order valence-corrected chi connectivity index (χ0v) is 58.6. The van der Waals surface area contributed by atoms with Crippen molar-refractivity contribution in [2.45, 2.75) is 105 Å². The number of terminal acetylenes is 2. The van der Waals surface area contributed by atoms with Gasteiger partial charge >= 0.3 is 11.9 Å². The van der Waals surface area contributed by atoms with Crippen LogP contribution in [0.25, 0.3) is 0 Å². The van der Waals surface area contributed by atoms with Crippen molar-refractivity contribution in [3.63, 3.8) is 0 Å². The number of amides is 1.